The van der Waals surface area contributed by atoms with Gasteiger partial charge in [0.15, 0.2) is 5.96 Å². The summed E-state index contributed by atoms with van der Waals surface area (Å²) in [6, 6.07) is 3.59. The number of hydrogen-bond acceptors (Lipinski definition) is 5. The van der Waals surface area contributed by atoms with Gasteiger partial charge in [-0.3, -0.25) is 4.99 Å². The van der Waals surface area contributed by atoms with Gasteiger partial charge in [0.25, 0.3) is 0 Å². The van der Waals surface area contributed by atoms with Crippen LogP contribution < -0.4 is 10.6 Å². The number of carbonyl (C=O) groups is 1. The molecule has 1 heterocycles. The number of benzene rings is 1. The fraction of sp³-hybridized carbons (Fsp3) is 0.421. The summed E-state index contributed by atoms with van der Waals surface area (Å²) >= 11 is 1.26. The lowest BCUT2D eigenvalue weighted by molar-refractivity contribution is 0.0531. The molecule has 10 heteroatoms. The van der Waals surface area contributed by atoms with Crippen molar-refractivity contribution in [2.45, 2.75) is 33.2 Å². The highest BCUT2D eigenvalue weighted by atomic mass is 127. The molecule has 0 saturated heterocycles. The van der Waals surface area contributed by atoms with Crippen LogP contribution in [0.1, 0.15) is 45.8 Å². The van der Waals surface area contributed by atoms with E-state index in [1.807, 2.05) is 6.92 Å². The van der Waals surface area contributed by atoms with Crippen molar-refractivity contribution in [3.05, 3.63) is 51.0 Å². The number of aryl methyl sites for hydroxylation is 1. The topological polar surface area (TPSA) is 75.6 Å². The number of aromatic nitrogens is 1. The van der Waals surface area contributed by atoms with Crippen molar-refractivity contribution in [2.75, 3.05) is 20.2 Å². The first-order valence-electron chi connectivity index (χ1n) is 8.91. The van der Waals surface area contributed by atoms with Crippen LogP contribution in [0.15, 0.2) is 23.2 Å². The monoisotopic (exact) mass is 538 g/mol. The van der Waals surface area contributed by atoms with Crippen LogP contribution in [-0.4, -0.2) is 37.1 Å². The molecule has 2 N–H and O–H groups in total. The van der Waals surface area contributed by atoms with E-state index in [0.717, 1.165) is 0 Å². The number of carbonyl (C=O) groups excluding carboxylic acids is 1. The van der Waals surface area contributed by atoms with E-state index in [4.69, 9.17) is 4.74 Å². The number of hydrogen-bond donors (Lipinski definition) is 2. The molecule has 0 radical (unpaired) electrons. The minimum Gasteiger partial charge on any atom is -0.462 e. The van der Waals surface area contributed by atoms with Crippen LogP contribution >= 0.6 is 35.3 Å². The zero-order chi connectivity index (χ0) is 20.7. The molecule has 2 rings (SSSR count). The Morgan fingerprint density at radius 1 is 1.34 bits per heavy atom. The zero-order valence-electron chi connectivity index (χ0n) is 16.7. The van der Waals surface area contributed by atoms with Crippen LogP contribution in [0, 0.1) is 18.6 Å². The number of rotatable bonds is 7. The van der Waals surface area contributed by atoms with Gasteiger partial charge in [0.2, 0.25) is 0 Å². The number of halogens is 3. The van der Waals surface area contributed by atoms with Crippen molar-refractivity contribution in [3.63, 3.8) is 0 Å². The quantitative estimate of drug-likeness (QED) is 0.242. The maximum absolute atomic E-state index is 13.7. The number of esters is 1. The Kier molecular flexibility index (Phi) is 10.4. The molecular formula is C19H25F2IN4O2S. The normalized spacial score (nSPS) is 12.1. The predicted molar refractivity (Wildman–Crippen MR) is 121 cm³/mol. The first-order valence-corrected chi connectivity index (χ1v) is 9.73. The maximum Gasteiger partial charge on any atom is 0.350 e. The molecule has 0 bridgehead atoms. The second-order valence-corrected chi connectivity index (χ2v) is 7.03. The molecule has 1 aromatic carbocycles. The molecular weight excluding hydrogens is 513 g/mol. The lowest BCUT2D eigenvalue weighted by Crippen LogP contribution is -2.39. The minimum absolute atomic E-state index is 0. The van der Waals surface area contributed by atoms with Gasteiger partial charge in [-0.1, -0.05) is 6.07 Å². The Morgan fingerprint density at radius 3 is 2.59 bits per heavy atom. The van der Waals surface area contributed by atoms with Gasteiger partial charge >= 0.3 is 5.97 Å². The average Bonchev–Trinajstić information content (AvgIpc) is 3.05. The predicted octanol–water partition coefficient (Wildman–Crippen LogP) is 3.99. The number of aliphatic imine (C=N–C) groups is 1. The third-order valence-corrected chi connectivity index (χ3v) is 5.27. The molecule has 160 valence electrons. The molecule has 0 fully saturated rings. The molecule has 0 aliphatic carbocycles. The molecule has 1 unspecified atom stereocenters. The van der Waals surface area contributed by atoms with E-state index in [9.17, 15) is 13.6 Å². The largest absolute Gasteiger partial charge is 0.462 e. The summed E-state index contributed by atoms with van der Waals surface area (Å²) in [5.41, 5.74) is 0.651. The van der Waals surface area contributed by atoms with Gasteiger partial charge in [0, 0.05) is 19.2 Å². The highest BCUT2D eigenvalue weighted by Gasteiger charge is 2.20. The maximum atomic E-state index is 13.7. The Bertz CT molecular complexity index is 840. The number of thiazole rings is 1. The summed E-state index contributed by atoms with van der Waals surface area (Å²) in [7, 11) is 1.60. The van der Waals surface area contributed by atoms with Crippen LogP contribution in [0.2, 0.25) is 0 Å². The van der Waals surface area contributed by atoms with Gasteiger partial charge in [-0.2, -0.15) is 0 Å². The summed E-state index contributed by atoms with van der Waals surface area (Å²) in [5.74, 6) is -1.05. The van der Waals surface area contributed by atoms with Gasteiger partial charge < -0.3 is 15.4 Å². The van der Waals surface area contributed by atoms with Crippen LogP contribution in [0.4, 0.5) is 8.78 Å². The van der Waals surface area contributed by atoms with Crippen molar-refractivity contribution < 1.29 is 18.3 Å². The summed E-state index contributed by atoms with van der Waals surface area (Å²) in [6.07, 6.45) is 0.178. The Morgan fingerprint density at radius 2 is 2.00 bits per heavy atom. The lowest BCUT2D eigenvalue weighted by atomic mass is 10.1. The minimum atomic E-state index is -0.567. The lowest BCUT2D eigenvalue weighted by Gasteiger charge is -2.16. The standard InChI is InChI=1S/C19H24F2N4O2S.HI/c1-5-27-18(26)16-11(2)24-17(28-16)12(3)25-19(22-4)23-10-9-13-14(20)7-6-8-15(13)21;/h6-8,12H,5,9-10H2,1-4H3,(H2,22,23,25);1H. The average molecular weight is 538 g/mol. The number of ether oxygens (including phenoxy) is 1. The molecule has 1 aromatic heterocycles. The van der Waals surface area contributed by atoms with Crippen LogP contribution in [0.25, 0.3) is 0 Å². The van der Waals surface area contributed by atoms with Gasteiger partial charge in [-0.05, 0) is 39.3 Å². The first kappa shape index (κ1) is 25.2. The van der Waals surface area contributed by atoms with Crippen LogP contribution in [0.5, 0.6) is 0 Å². The zero-order valence-corrected chi connectivity index (χ0v) is 19.9. The van der Waals surface area contributed by atoms with Crippen LogP contribution in [0.3, 0.4) is 0 Å². The van der Waals surface area contributed by atoms with Crippen molar-refractivity contribution in [1.29, 1.82) is 0 Å². The van der Waals surface area contributed by atoms with E-state index in [2.05, 4.69) is 20.6 Å². The highest BCUT2D eigenvalue weighted by Crippen LogP contribution is 2.24. The van der Waals surface area contributed by atoms with Gasteiger partial charge in [0.1, 0.15) is 21.5 Å². The van der Waals surface area contributed by atoms with Crippen molar-refractivity contribution in [3.8, 4) is 0 Å². The third kappa shape index (κ3) is 6.88. The van der Waals surface area contributed by atoms with E-state index in [1.54, 1.807) is 20.9 Å². The number of guanidine groups is 1. The Balaban J connectivity index is 0.00000420. The molecule has 1 atom stereocenters. The molecule has 0 saturated carbocycles. The molecule has 6 nitrogen and oxygen atoms in total. The van der Waals surface area contributed by atoms with Crippen molar-refractivity contribution in [2.24, 2.45) is 4.99 Å². The molecule has 0 aliphatic heterocycles. The molecule has 0 aliphatic rings. The van der Waals surface area contributed by atoms with Gasteiger partial charge in [-0.25, -0.2) is 18.6 Å². The summed E-state index contributed by atoms with van der Waals surface area (Å²) in [4.78, 5) is 21.0. The smallest absolute Gasteiger partial charge is 0.350 e. The number of nitrogens with zero attached hydrogens (tertiary/aromatic N) is 2. The van der Waals surface area contributed by atoms with E-state index in [0.29, 0.717) is 34.7 Å². The van der Waals surface area contributed by atoms with Crippen LogP contribution in [-0.2, 0) is 11.2 Å². The fourth-order valence-corrected chi connectivity index (χ4v) is 3.49. The van der Waals surface area contributed by atoms with Gasteiger partial charge in [-0.15, -0.1) is 35.3 Å². The van der Waals surface area contributed by atoms with E-state index < -0.39 is 11.6 Å². The van der Waals surface area contributed by atoms with Gasteiger partial charge in [0.05, 0.1) is 18.3 Å². The second kappa shape index (κ2) is 12.0. The van der Waals surface area contributed by atoms with Crippen molar-refractivity contribution in [1.82, 2.24) is 15.6 Å². The fourth-order valence-electron chi connectivity index (χ4n) is 2.53. The molecule has 0 amide bonds. The van der Waals surface area contributed by atoms with Crippen molar-refractivity contribution >= 4 is 47.2 Å². The summed E-state index contributed by atoms with van der Waals surface area (Å²) < 4.78 is 32.4. The molecule has 0 spiro atoms. The first-order chi connectivity index (χ1) is 13.4. The summed E-state index contributed by atoms with van der Waals surface area (Å²) in [6.45, 7) is 6.00. The van der Waals surface area contributed by atoms with E-state index in [1.165, 1.54) is 29.5 Å². The summed E-state index contributed by atoms with van der Waals surface area (Å²) in [5, 5.41) is 6.90. The van der Waals surface area contributed by atoms with E-state index >= 15 is 0 Å². The highest BCUT2D eigenvalue weighted by molar-refractivity contribution is 14.0. The molecule has 29 heavy (non-hydrogen) atoms. The third-order valence-electron chi connectivity index (χ3n) is 3.95. The SMILES string of the molecule is CCOC(=O)c1sc(C(C)NC(=NC)NCCc2c(F)cccc2F)nc1C.I. The van der Waals surface area contributed by atoms with E-state index in [-0.39, 0.29) is 48.0 Å². The second-order valence-electron chi connectivity index (χ2n) is 6.00. The Hall–Kier alpha value is -1.82. The Labute approximate surface area is 190 Å². The molecule has 2 aromatic rings. The number of nitrogens with one attached hydrogen (secondary N) is 2.